The number of nitrogens with one attached hydrogen (secondary N) is 1. The van der Waals surface area contributed by atoms with Gasteiger partial charge in [0.15, 0.2) is 0 Å². The fourth-order valence-electron chi connectivity index (χ4n) is 7.18. The molecule has 5 nitrogen and oxygen atoms in total. The molecule has 3 aliphatic carbocycles. The Hall–Kier alpha value is -1.79. The molecule has 0 spiro atoms. The second-order valence-corrected chi connectivity index (χ2v) is 12.0. The van der Waals surface area contributed by atoms with Gasteiger partial charge in [-0.1, -0.05) is 35.3 Å². The zero-order valence-electron chi connectivity index (χ0n) is 19.8. The zero-order valence-corrected chi connectivity index (χ0v) is 21.3. The average Bonchev–Trinajstić information content (AvgIpc) is 3.57. The van der Waals surface area contributed by atoms with Crippen molar-refractivity contribution in [1.82, 2.24) is 10.2 Å². The van der Waals surface area contributed by atoms with Crippen molar-refractivity contribution >= 4 is 29.1 Å². The third-order valence-corrected chi connectivity index (χ3v) is 9.82. The first-order valence-corrected chi connectivity index (χ1v) is 13.6. The molecule has 0 radical (unpaired) electrons. The molecular formula is C28H32Cl2N2O3. The standard InChI is InChI=1S/C28H32Cl2N2O3/c29-23-6-3-17(11-24(23)30)7-9-31-26(34)20-14-27-8-10-32(16-18-1-2-18)25(28(27,35)15-20)12-19-4-5-21(33)13-22(19)27/h3-6,11,13,18,20,25,33,35H,1-2,7-10,12,14-16H2,(H,31,34)/t20-,25-,27-,28-/m1/s1. The van der Waals surface area contributed by atoms with Gasteiger partial charge in [0.05, 0.1) is 15.6 Å². The lowest BCUT2D eigenvalue weighted by molar-refractivity contribution is -0.134. The fourth-order valence-corrected chi connectivity index (χ4v) is 7.50. The van der Waals surface area contributed by atoms with Crippen LogP contribution in [0.15, 0.2) is 36.4 Å². The van der Waals surface area contributed by atoms with E-state index in [-0.39, 0.29) is 23.6 Å². The fraction of sp³-hybridized carbons (Fsp3) is 0.536. The highest BCUT2D eigenvalue weighted by atomic mass is 35.5. The summed E-state index contributed by atoms with van der Waals surface area (Å²) < 4.78 is 0. The number of carbonyl (C=O) groups is 1. The summed E-state index contributed by atoms with van der Waals surface area (Å²) >= 11 is 12.1. The normalized spacial score (nSPS) is 31.6. The largest absolute Gasteiger partial charge is 0.508 e. The number of phenolic OH excluding ortho intramolecular Hbond substituents is 1. The Morgan fingerprint density at radius 2 is 1.94 bits per heavy atom. The summed E-state index contributed by atoms with van der Waals surface area (Å²) in [7, 11) is 0. The predicted molar refractivity (Wildman–Crippen MR) is 137 cm³/mol. The molecule has 1 heterocycles. The van der Waals surface area contributed by atoms with Gasteiger partial charge in [0.1, 0.15) is 5.75 Å². The molecule has 2 aromatic rings. The Kier molecular flexibility index (Phi) is 5.84. The molecule has 3 fully saturated rings. The maximum atomic E-state index is 13.3. The average molecular weight is 515 g/mol. The van der Waals surface area contributed by atoms with Crippen molar-refractivity contribution in [3.8, 4) is 5.75 Å². The Morgan fingerprint density at radius 3 is 2.71 bits per heavy atom. The molecule has 4 atom stereocenters. The monoisotopic (exact) mass is 514 g/mol. The lowest BCUT2D eigenvalue weighted by Crippen LogP contribution is -2.69. The Morgan fingerprint density at radius 1 is 1.11 bits per heavy atom. The van der Waals surface area contributed by atoms with Crippen molar-refractivity contribution in [3.05, 3.63) is 63.1 Å². The summed E-state index contributed by atoms with van der Waals surface area (Å²) in [6.07, 6.45) is 5.89. The van der Waals surface area contributed by atoms with Crippen LogP contribution in [0.3, 0.4) is 0 Å². The molecule has 4 aliphatic rings. The highest BCUT2D eigenvalue weighted by Gasteiger charge is 2.68. The highest BCUT2D eigenvalue weighted by Crippen LogP contribution is 2.62. The topological polar surface area (TPSA) is 72.8 Å². The van der Waals surface area contributed by atoms with Crippen molar-refractivity contribution in [2.24, 2.45) is 11.8 Å². The predicted octanol–water partition coefficient (Wildman–Crippen LogP) is 4.48. The molecule has 3 N–H and O–H groups in total. The number of aromatic hydroxyl groups is 1. The number of nitrogens with zero attached hydrogens (tertiary/aromatic N) is 1. The third-order valence-electron chi connectivity index (χ3n) is 9.08. The molecule has 0 unspecified atom stereocenters. The number of piperidine rings is 1. The quantitative estimate of drug-likeness (QED) is 0.531. The van der Waals surface area contributed by atoms with E-state index in [1.54, 1.807) is 12.1 Å². The molecule has 6 rings (SSSR count). The van der Waals surface area contributed by atoms with Crippen LogP contribution >= 0.6 is 23.2 Å². The molecule has 186 valence electrons. The Bertz CT molecular complexity index is 1170. The van der Waals surface area contributed by atoms with Crippen LogP contribution in [0.2, 0.25) is 10.0 Å². The van der Waals surface area contributed by atoms with Gasteiger partial charge in [-0.05, 0) is 98.4 Å². The molecule has 2 bridgehead atoms. The van der Waals surface area contributed by atoms with Crippen LogP contribution in [0.25, 0.3) is 0 Å². The summed E-state index contributed by atoms with van der Waals surface area (Å²) in [5.41, 5.74) is 1.82. The molecular weight excluding hydrogens is 483 g/mol. The van der Waals surface area contributed by atoms with E-state index in [9.17, 15) is 15.0 Å². The Labute approximate surface area is 216 Å². The number of rotatable bonds is 6. The number of halogens is 2. The first-order valence-electron chi connectivity index (χ1n) is 12.8. The minimum absolute atomic E-state index is 0.00311. The van der Waals surface area contributed by atoms with Crippen LogP contribution in [0, 0.1) is 11.8 Å². The number of benzene rings is 2. The molecule has 7 heteroatoms. The second-order valence-electron chi connectivity index (χ2n) is 11.2. The molecule has 1 aliphatic heterocycles. The molecule has 0 aromatic heterocycles. The number of fused-ring (bicyclic) bond motifs is 1. The van der Waals surface area contributed by atoms with E-state index in [0.29, 0.717) is 35.9 Å². The number of amides is 1. The minimum Gasteiger partial charge on any atom is -0.508 e. The van der Waals surface area contributed by atoms with Crippen LogP contribution in [-0.2, 0) is 23.1 Å². The van der Waals surface area contributed by atoms with Crippen molar-refractivity contribution < 1.29 is 15.0 Å². The van der Waals surface area contributed by atoms with Gasteiger partial charge in [0, 0.05) is 30.5 Å². The molecule has 2 aromatic carbocycles. The minimum atomic E-state index is -0.966. The van der Waals surface area contributed by atoms with Crippen molar-refractivity contribution in [3.63, 3.8) is 0 Å². The Balaban J connectivity index is 1.23. The van der Waals surface area contributed by atoms with E-state index in [4.69, 9.17) is 23.2 Å². The van der Waals surface area contributed by atoms with Gasteiger partial charge >= 0.3 is 0 Å². The van der Waals surface area contributed by atoms with E-state index in [2.05, 4.69) is 10.2 Å². The lowest BCUT2D eigenvalue weighted by atomic mass is 9.56. The van der Waals surface area contributed by atoms with Crippen LogP contribution in [0.5, 0.6) is 5.75 Å². The lowest BCUT2D eigenvalue weighted by Gasteiger charge is -2.59. The van der Waals surface area contributed by atoms with Crippen LogP contribution in [0.1, 0.15) is 48.8 Å². The van der Waals surface area contributed by atoms with E-state index in [1.165, 1.54) is 18.4 Å². The highest BCUT2D eigenvalue weighted by molar-refractivity contribution is 6.42. The zero-order chi connectivity index (χ0) is 24.4. The first kappa shape index (κ1) is 23.6. The summed E-state index contributed by atoms with van der Waals surface area (Å²) in [4.78, 5) is 15.8. The van der Waals surface area contributed by atoms with E-state index >= 15 is 0 Å². The van der Waals surface area contributed by atoms with E-state index < -0.39 is 11.0 Å². The van der Waals surface area contributed by atoms with Gasteiger partial charge in [-0.15, -0.1) is 0 Å². The van der Waals surface area contributed by atoms with Crippen LogP contribution in [0.4, 0.5) is 0 Å². The molecule has 1 saturated heterocycles. The van der Waals surface area contributed by atoms with Gasteiger partial charge in [0.2, 0.25) is 5.91 Å². The van der Waals surface area contributed by atoms with E-state index in [1.807, 2.05) is 24.3 Å². The van der Waals surface area contributed by atoms with Crippen molar-refractivity contribution in [2.45, 2.75) is 62.0 Å². The van der Waals surface area contributed by atoms with Gasteiger partial charge in [0.25, 0.3) is 0 Å². The number of aliphatic hydroxyl groups is 1. The summed E-state index contributed by atoms with van der Waals surface area (Å²) in [5.74, 6) is 0.719. The summed E-state index contributed by atoms with van der Waals surface area (Å²) in [5, 5.41) is 26.8. The second kappa shape index (κ2) is 8.65. The smallest absolute Gasteiger partial charge is 0.223 e. The number of hydrogen-bond acceptors (Lipinski definition) is 4. The number of phenols is 1. The van der Waals surface area contributed by atoms with Crippen molar-refractivity contribution in [2.75, 3.05) is 19.6 Å². The summed E-state index contributed by atoms with van der Waals surface area (Å²) in [6.45, 7) is 2.48. The van der Waals surface area contributed by atoms with Gasteiger partial charge in [-0.25, -0.2) is 0 Å². The molecule has 35 heavy (non-hydrogen) atoms. The maximum Gasteiger partial charge on any atom is 0.223 e. The van der Waals surface area contributed by atoms with Crippen molar-refractivity contribution in [1.29, 1.82) is 0 Å². The van der Waals surface area contributed by atoms with Gasteiger partial charge in [-0.3, -0.25) is 9.69 Å². The summed E-state index contributed by atoms with van der Waals surface area (Å²) in [6, 6.07) is 11.2. The molecule has 2 saturated carbocycles. The SMILES string of the molecule is O=C(NCCc1ccc(Cl)c(Cl)c1)[C@@H]1C[C@]23CCN(CC4CC4)[C@H](Cc4ccc(O)cc42)[C@]3(O)C1. The van der Waals surface area contributed by atoms with Gasteiger partial charge < -0.3 is 15.5 Å². The van der Waals surface area contributed by atoms with Crippen LogP contribution in [-0.4, -0.2) is 52.3 Å². The number of hydrogen-bond donors (Lipinski definition) is 3. The van der Waals surface area contributed by atoms with Gasteiger partial charge in [-0.2, -0.15) is 0 Å². The first-order chi connectivity index (χ1) is 16.8. The van der Waals surface area contributed by atoms with Crippen LogP contribution < -0.4 is 5.32 Å². The third kappa shape index (κ3) is 3.96. The molecule has 1 amide bonds. The number of likely N-dealkylation sites (tertiary alicyclic amines) is 1. The van der Waals surface area contributed by atoms with E-state index in [0.717, 1.165) is 43.0 Å². The number of carbonyl (C=O) groups excluding carboxylic acids is 1. The maximum absolute atomic E-state index is 13.3.